The van der Waals surface area contributed by atoms with Gasteiger partial charge in [-0.3, -0.25) is 9.59 Å². The van der Waals surface area contributed by atoms with Gasteiger partial charge in [-0.1, -0.05) is 30.3 Å². The monoisotopic (exact) mass is 344 g/mol. The largest absolute Gasteiger partial charge is 0.479 e. The van der Waals surface area contributed by atoms with E-state index in [0.717, 1.165) is 17.7 Å². The zero-order chi connectivity index (χ0) is 18.4. The zero-order valence-corrected chi connectivity index (χ0v) is 13.8. The molecule has 0 aliphatic rings. The molecule has 0 saturated carbocycles. The Kier molecular flexibility index (Phi) is 5.71. The van der Waals surface area contributed by atoms with E-state index in [4.69, 9.17) is 5.11 Å². The minimum atomic E-state index is -2.02. The van der Waals surface area contributed by atoms with Crippen LogP contribution < -0.4 is 10.6 Å². The number of hydrogen-bond donors (Lipinski definition) is 4. The van der Waals surface area contributed by atoms with Crippen molar-refractivity contribution in [1.82, 2.24) is 10.6 Å². The van der Waals surface area contributed by atoms with Crippen LogP contribution in [0, 0.1) is 0 Å². The maximum absolute atomic E-state index is 12.1. The van der Waals surface area contributed by atoms with Crippen molar-refractivity contribution in [2.75, 3.05) is 13.1 Å². The Hall–Kier alpha value is -2.93. The molecule has 2 amide bonds. The van der Waals surface area contributed by atoms with Crippen LogP contribution in [0.5, 0.6) is 0 Å². The third-order valence-corrected chi connectivity index (χ3v) is 3.74. The van der Waals surface area contributed by atoms with E-state index >= 15 is 0 Å². The number of hydrogen-bond acceptors (Lipinski definition) is 4. The Morgan fingerprint density at radius 3 is 2.40 bits per heavy atom. The number of rotatable bonds is 7. The van der Waals surface area contributed by atoms with Gasteiger partial charge in [0.1, 0.15) is 0 Å². The number of aliphatic hydroxyl groups is 1. The first-order valence-electron chi connectivity index (χ1n) is 7.79. The molecule has 25 heavy (non-hydrogen) atoms. The Bertz CT molecular complexity index is 801. The first kappa shape index (κ1) is 18.4. The molecule has 0 saturated heterocycles. The molecular formula is C18H20N2O5. The van der Waals surface area contributed by atoms with Crippen molar-refractivity contribution in [3.63, 3.8) is 0 Å². The molecule has 0 spiro atoms. The predicted molar refractivity (Wildman–Crippen MR) is 92.2 cm³/mol. The summed E-state index contributed by atoms with van der Waals surface area (Å²) in [4.78, 5) is 34.5. The fraction of sp³-hybridized carbons (Fsp3) is 0.278. The van der Waals surface area contributed by atoms with Crippen LogP contribution in [0.3, 0.4) is 0 Å². The number of benzene rings is 2. The number of carboxylic acid groups (broad SMARTS) is 1. The summed E-state index contributed by atoms with van der Waals surface area (Å²) >= 11 is 0. The second-order valence-corrected chi connectivity index (χ2v) is 5.92. The summed E-state index contributed by atoms with van der Waals surface area (Å²) in [7, 11) is 0. The summed E-state index contributed by atoms with van der Waals surface area (Å²) < 4.78 is 0. The van der Waals surface area contributed by atoms with Crippen LogP contribution in [0.15, 0.2) is 42.5 Å². The van der Waals surface area contributed by atoms with Crippen LogP contribution in [0.2, 0.25) is 0 Å². The maximum atomic E-state index is 12.1. The fourth-order valence-electron chi connectivity index (χ4n) is 2.16. The van der Waals surface area contributed by atoms with Crippen LogP contribution in [-0.2, 0) is 9.59 Å². The van der Waals surface area contributed by atoms with Crippen molar-refractivity contribution in [2.45, 2.75) is 18.9 Å². The van der Waals surface area contributed by atoms with Crippen molar-refractivity contribution >= 4 is 28.6 Å². The first-order valence-corrected chi connectivity index (χ1v) is 7.79. The van der Waals surface area contributed by atoms with E-state index in [0.29, 0.717) is 5.56 Å². The highest BCUT2D eigenvalue weighted by Gasteiger charge is 2.30. The van der Waals surface area contributed by atoms with Gasteiger partial charge in [0.2, 0.25) is 5.91 Å². The first-order chi connectivity index (χ1) is 11.8. The standard InChI is InChI=1S/C18H20N2O5/c1-18(25,17(23)24)11-20-15(21)8-9-19-16(22)14-7-6-12-4-2-3-5-13(12)10-14/h2-7,10,25H,8-9,11H2,1H3,(H,19,22)(H,20,21)(H,23,24). The molecule has 0 bridgehead atoms. The number of fused-ring (bicyclic) bond motifs is 1. The Balaban J connectivity index is 1.81. The number of nitrogens with one attached hydrogen (secondary N) is 2. The second kappa shape index (κ2) is 7.76. The van der Waals surface area contributed by atoms with Crippen LogP contribution >= 0.6 is 0 Å². The van der Waals surface area contributed by atoms with Gasteiger partial charge in [0.05, 0.1) is 6.54 Å². The second-order valence-electron chi connectivity index (χ2n) is 5.92. The third kappa shape index (κ3) is 5.02. The van der Waals surface area contributed by atoms with E-state index in [2.05, 4.69) is 10.6 Å². The number of carbonyl (C=O) groups is 3. The molecule has 0 aromatic heterocycles. The summed E-state index contributed by atoms with van der Waals surface area (Å²) in [6.45, 7) is 0.795. The predicted octanol–water partition coefficient (Wildman–Crippen LogP) is 0.911. The van der Waals surface area contributed by atoms with Gasteiger partial charge >= 0.3 is 5.97 Å². The molecule has 0 aliphatic heterocycles. The quantitative estimate of drug-likeness (QED) is 0.596. The highest BCUT2D eigenvalue weighted by molar-refractivity contribution is 5.98. The lowest BCUT2D eigenvalue weighted by molar-refractivity contribution is -0.156. The number of aliphatic carboxylic acids is 1. The van der Waals surface area contributed by atoms with Crippen LogP contribution in [-0.4, -0.2) is 46.7 Å². The lowest BCUT2D eigenvalue weighted by Gasteiger charge is -2.18. The van der Waals surface area contributed by atoms with Gasteiger partial charge in [-0.15, -0.1) is 0 Å². The van der Waals surface area contributed by atoms with Crippen LogP contribution in [0.4, 0.5) is 0 Å². The molecule has 0 aliphatic carbocycles. The number of carboxylic acids is 1. The highest BCUT2D eigenvalue weighted by atomic mass is 16.4. The van der Waals surface area contributed by atoms with Crippen LogP contribution in [0.1, 0.15) is 23.7 Å². The van der Waals surface area contributed by atoms with Crippen molar-refractivity contribution in [3.8, 4) is 0 Å². The van der Waals surface area contributed by atoms with E-state index in [1.165, 1.54) is 0 Å². The van der Waals surface area contributed by atoms with E-state index in [9.17, 15) is 19.5 Å². The van der Waals surface area contributed by atoms with Gasteiger partial charge < -0.3 is 20.8 Å². The van der Waals surface area contributed by atoms with Crippen molar-refractivity contribution in [3.05, 3.63) is 48.0 Å². The molecule has 1 unspecified atom stereocenters. The molecule has 2 aromatic rings. The van der Waals surface area contributed by atoms with Gasteiger partial charge in [0.25, 0.3) is 5.91 Å². The van der Waals surface area contributed by atoms with Gasteiger partial charge in [0, 0.05) is 18.5 Å². The van der Waals surface area contributed by atoms with Crippen molar-refractivity contribution in [1.29, 1.82) is 0 Å². The molecule has 2 aromatic carbocycles. The smallest absolute Gasteiger partial charge is 0.337 e. The molecule has 7 nitrogen and oxygen atoms in total. The van der Waals surface area contributed by atoms with Gasteiger partial charge in [-0.25, -0.2) is 4.79 Å². The number of carbonyl (C=O) groups excluding carboxylic acids is 2. The molecule has 7 heteroatoms. The summed E-state index contributed by atoms with van der Waals surface area (Å²) in [5, 5.41) is 25.2. The normalized spacial score (nSPS) is 13.0. The maximum Gasteiger partial charge on any atom is 0.337 e. The average Bonchev–Trinajstić information content (AvgIpc) is 2.59. The minimum Gasteiger partial charge on any atom is -0.479 e. The Morgan fingerprint density at radius 2 is 1.72 bits per heavy atom. The summed E-state index contributed by atoms with van der Waals surface area (Å²) in [5.41, 5.74) is -1.53. The number of amides is 2. The van der Waals surface area contributed by atoms with Gasteiger partial charge in [-0.05, 0) is 29.8 Å². The van der Waals surface area contributed by atoms with E-state index in [-0.39, 0.29) is 18.9 Å². The van der Waals surface area contributed by atoms with E-state index < -0.39 is 24.0 Å². The molecule has 0 heterocycles. The lowest BCUT2D eigenvalue weighted by Crippen LogP contribution is -2.47. The average molecular weight is 344 g/mol. The summed E-state index contributed by atoms with van der Waals surface area (Å²) in [5.74, 6) is -2.17. The van der Waals surface area contributed by atoms with Crippen molar-refractivity contribution < 1.29 is 24.6 Å². The summed E-state index contributed by atoms with van der Waals surface area (Å²) in [6, 6.07) is 13.0. The molecule has 0 fully saturated rings. The highest BCUT2D eigenvalue weighted by Crippen LogP contribution is 2.15. The zero-order valence-electron chi connectivity index (χ0n) is 13.8. The van der Waals surface area contributed by atoms with Crippen LogP contribution in [0.25, 0.3) is 10.8 Å². The van der Waals surface area contributed by atoms with E-state index in [1.807, 2.05) is 30.3 Å². The summed E-state index contributed by atoms with van der Waals surface area (Å²) in [6.07, 6.45) is -0.0188. The van der Waals surface area contributed by atoms with Gasteiger partial charge in [0.15, 0.2) is 5.60 Å². The molecule has 132 valence electrons. The fourth-order valence-corrected chi connectivity index (χ4v) is 2.16. The molecule has 2 rings (SSSR count). The lowest BCUT2D eigenvalue weighted by atomic mass is 10.1. The Labute approximate surface area is 144 Å². The molecular weight excluding hydrogens is 324 g/mol. The van der Waals surface area contributed by atoms with Gasteiger partial charge in [-0.2, -0.15) is 0 Å². The van der Waals surface area contributed by atoms with Crippen molar-refractivity contribution in [2.24, 2.45) is 0 Å². The molecule has 1 atom stereocenters. The SMILES string of the molecule is CC(O)(CNC(=O)CCNC(=O)c1ccc2ccccc2c1)C(=O)O. The minimum absolute atomic E-state index is 0.0188. The van der Waals surface area contributed by atoms with E-state index in [1.54, 1.807) is 12.1 Å². The molecule has 4 N–H and O–H groups in total. The molecule has 0 radical (unpaired) electrons. The topological polar surface area (TPSA) is 116 Å². The third-order valence-electron chi connectivity index (χ3n) is 3.74. The Morgan fingerprint density at radius 1 is 1.04 bits per heavy atom.